The van der Waals surface area contributed by atoms with Gasteiger partial charge in [-0.05, 0) is 48.6 Å². The number of hydrogen-bond acceptors (Lipinski definition) is 5. The van der Waals surface area contributed by atoms with E-state index in [-0.39, 0.29) is 22.6 Å². The number of benzene rings is 1. The molecule has 166 valence electrons. The van der Waals surface area contributed by atoms with Gasteiger partial charge in [-0.3, -0.25) is 23.9 Å². The molecular weight excluding hydrogens is 456 g/mol. The number of amides is 2. The number of furan rings is 1. The second-order valence-electron chi connectivity index (χ2n) is 6.81. The summed E-state index contributed by atoms with van der Waals surface area (Å²) >= 11 is 5.05. The maximum absolute atomic E-state index is 14.3. The monoisotopic (exact) mass is 468 g/mol. The molecule has 0 bridgehead atoms. The Bertz CT molecular complexity index is 1330. The van der Waals surface area contributed by atoms with E-state index >= 15 is 0 Å². The Labute approximate surface area is 180 Å². The fraction of sp³-hybridized carbons (Fsp3) is 0.158. The number of halogens is 4. The van der Waals surface area contributed by atoms with Gasteiger partial charge in [-0.2, -0.15) is 13.2 Å². The zero-order valence-corrected chi connectivity index (χ0v) is 16.6. The molecule has 3 heterocycles. The van der Waals surface area contributed by atoms with Gasteiger partial charge in [-0.1, -0.05) is 0 Å². The number of fused-ring (bicyclic) bond motifs is 1. The molecule has 3 aromatic rings. The lowest BCUT2D eigenvalue weighted by Crippen LogP contribution is -2.61. The van der Waals surface area contributed by atoms with Crippen LogP contribution < -0.4 is 16.2 Å². The summed E-state index contributed by atoms with van der Waals surface area (Å²) in [5.74, 6) is -4.01. The number of nitrogens with zero attached hydrogens (tertiary/aromatic N) is 1. The number of aromatic nitrogens is 2. The Balaban J connectivity index is 1.90. The highest BCUT2D eigenvalue weighted by Crippen LogP contribution is 2.45. The van der Waals surface area contributed by atoms with E-state index in [2.05, 4.69) is 4.98 Å². The molecule has 0 radical (unpaired) electrons. The van der Waals surface area contributed by atoms with Crippen molar-refractivity contribution in [1.29, 1.82) is 0 Å². The van der Waals surface area contributed by atoms with E-state index in [9.17, 15) is 31.9 Å². The highest BCUT2D eigenvalue weighted by atomic mass is 32.1. The normalized spacial score (nSPS) is 17.7. The number of aromatic amines is 1. The summed E-state index contributed by atoms with van der Waals surface area (Å²) in [6.07, 6.45) is -4.09. The van der Waals surface area contributed by atoms with E-state index in [1.807, 2.05) is 5.32 Å². The predicted molar refractivity (Wildman–Crippen MR) is 104 cm³/mol. The molecule has 1 aliphatic rings. The molecule has 1 atom stereocenters. The summed E-state index contributed by atoms with van der Waals surface area (Å²) in [7, 11) is 0. The summed E-state index contributed by atoms with van der Waals surface area (Å²) in [5.41, 5.74) is -6.45. The van der Waals surface area contributed by atoms with Crippen LogP contribution in [0.2, 0.25) is 0 Å². The van der Waals surface area contributed by atoms with Crippen molar-refractivity contribution in [3.63, 3.8) is 0 Å². The SMILES string of the molecule is O=C(N[C@]1(C(F)(F)F)C(=O)Nc2c1c(=O)[nH]c(=S)n2Cc1ccco1)c1ccc(F)cc1. The maximum atomic E-state index is 14.3. The van der Waals surface area contributed by atoms with Crippen molar-refractivity contribution in [1.82, 2.24) is 14.9 Å². The van der Waals surface area contributed by atoms with Crippen molar-refractivity contribution in [3.8, 4) is 0 Å². The van der Waals surface area contributed by atoms with Crippen LogP contribution in [0.1, 0.15) is 21.7 Å². The molecule has 0 fully saturated rings. The molecule has 2 aromatic heterocycles. The van der Waals surface area contributed by atoms with Crippen molar-refractivity contribution in [2.75, 3.05) is 5.32 Å². The minimum atomic E-state index is -5.42. The zero-order valence-electron chi connectivity index (χ0n) is 15.7. The van der Waals surface area contributed by atoms with Crippen LogP contribution in [0.25, 0.3) is 0 Å². The number of anilines is 1. The summed E-state index contributed by atoms with van der Waals surface area (Å²) in [6.45, 7) is -0.203. The minimum Gasteiger partial charge on any atom is -0.467 e. The first kappa shape index (κ1) is 21.5. The average Bonchev–Trinajstić information content (AvgIpc) is 3.32. The summed E-state index contributed by atoms with van der Waals surface area (Å²) in [6, 6.07) is 6.67. The van der Waals surface area contributed by atoms with Crippen LogP contribution in [-0.4, -0.2) is 27.5 Å². The highest BCUT2D eigenvalue weighted by molar-refractivity contribution is 7.71. The van der Waals surface area contributed by atoms with Gasteiger partial charge in [0.15, 0.2) is 4.77 Å². The third-order valence-electron chi connectivity index (χ3n) is 4.87. The van der Waals surface area contributed by atoms with E-state index in [1.165, 1.54) is 18.4 Å². The largest absolute Gasteiger partial charge is 0.467 e. The number of carbonyl (C=O) groups is 2. The van der Waals surface area contributed by atoms with Gasteiger partial charge < -0.3 is 15.1 Å². The smallest absolute Gasteiger partial charge is 0.425 e. The Hall–Kier alpha value is -3.74. The average molecular weight is 468 g/mol. The Morgan fingerprint density at radius 3 is 2.47 bits per heavy atom. The zero-order chi connectivity index (χ0) is 23.3. The molecule has 0 aliphatic carbocycles. The standard InChI is InChI=1S/C19H12F4N4O4S/c20-10-5-3-9(4-6-10)14(28)26-18(19(21,22)23)12-13(24-16(18)30)27(17(32)25-15(12)29)8-11-2-1-7-31-11/h1-7H,8H2,(H,24,30)(H,26,28)(H,25,29,32)/t18-/m0/s1. The topological polar surface area (TPSA) is 109 Å². The third-order valence-corrected chi connectivity index (χ3v) is 5.20. The Morgan fingerprint density at radius 1 is 1.19 bits per heavy atom. The van der Waals surface area contributed by atoms with Gasteiger partial charge in [-0.25, -0.2) is 4.39 Å². The lowest BCUT2D eigenvalue weighted by molar-refractivity contribution is -0.196. The first-order valence-corrected chi connectivity index (χ1v) is 9.31. The molecule has 1 aromatic carbocycles. The van der Waals surface area contributed by atoms with Gasteiger partial charge in [0.25, 0.3) is 22.9 Å². The van der Waals surface area contributed by atoms with Crippen LogP contribution in [0.4, 0.5) is 23.4 Å². The van der Waals surface area contributed by atoms with Crippen LogP contribution in [0.5, 0.6) is 0 Å². The van der Waals surface area contributed by atoms with Gasteiger partial charge in [0.2, 0.25) is 0 Å². The summed E-state index contributed by atoms with van der Waals surface area (Å²) in [5, 5.41) is 3.66. The first-order valence-electron chi connectivity index (χ1n) is 8.91. The van der Waals surface area contributed by atoms with Crippen LogP contribution in [-0.2, 0) is 16.9 Å². The van der Waals surface area contributed by atoms with Gasteiger partial charge >= 0.3 is 6.18 Å². The highest BCUT2D eigenvalue weighted by Gasteiger charge is 2.68. The van der Waals surface area contributed by atoms with E-state index in [4.69, 9.17) is 16.6 Å². The van der Waals surface area contributed by atoms with E-state index in [0.29, 0.717) is 0 Å². The van der Waals surface area contributed by atoms with Crippen molar-refractivity contribution in [2.24, 2.45) is 0 Å². The molecule has 4 rings (SSSR count). The molecular formula is C19H12F4N4O4S. The molecule has 0 saturated carbocycles. The molecule has 32 heavy (non-hydrogen) atoms. The first-order chi connectivity index (χ1) is 15.0. The van der Waals surface area contributed by atoms with E-state index in [0.717, 1.165) is 28.8 Å². The van der Waals surface area contributed by atoms with Crippen LogP contribution in [0.3, 0.4) is 0 Å². The quantitative estimate of drug-likeness (QED) is 0.403. The van der Waals surface area contributed by atoms with Gasteiger partial charge in [0.05, 0.1) is 12.8 Å². The number of H-pyrrole nitrogens is 1. The number of hydrogen-bond donors (Lipinski definition) is 3. The Morgan fingerprint density at radius 2 is 1.88 bits per heavy atom. The van der Waals surface area contributed by atoms with Crippen molar-refractivity contribution in [2.45, 2.75) is 18.3 Å². The lowest BCUT2D eigenvalue weighted by atomic mass is 9.91. The minimum absolute atomic E-state index is 0.203. The number of nitrogens with one attached hydrogen (secondary N) is 3. The van der Waals surface area contributed by atoms with Crippen LogP contribution in [0.15, 0.2) is 51.9 Å². The summed E-state index contributed by atoms with van der Waals surface area (Å²) < 4.78 is 62.1. The van der Waals surface area contributed by atoms with Crippen LogP contribution in [0, 0.1) is 10.6 Å². The van der Waals surface area contributed by atoms with Crippen molar-refractivity contribution in [3.05, 3.63) is 80.5 Å². The molecule has 3 N–H and O–H groups in total. The van der Waals surface area contributed by atoms with Crippen molar-refractivity contribution < 1.29 is 31.6 Å². The second kappa shape index (κ2) is 7.44. The van der Waals surface area contributed by atoms with Crippen LogP contribution >= 0.6 is 12.2 Å². The van der Waals surface area contributed by atoms with E-state index in [1.54, 1.807) is 5.32 Å². The molecule has 0 saturated heterocycles. The fourth-order valence-electron chi connectivity index (χ4n) is 3.38. The molecule has 8 nitrogen and oxygen atoms in total. The molecule has 2 amide bonds. The van der Waals surface area contributed by atoms with Gasteiger partial charge in [0.1, 0.15) is 23.0 Å². The predicted octanol–water partition coefficient (Wildman–Crippen LogP) is 2.83. The number of alkyl halides is 3. The molecule has 0 unspecified atom stereocenters. The number of rotatable bonds is 4. The number of carbonyl (C=O) groups excluding carboxylic acids is 2. The van der Waals surface area contributed by atoms with E-state index < -0.39 is 46.3 Å². The molecule has 0 spiro atoms. The van der Waals surface area contributed by atoms with Crippen molar-refractivity contribution >= 4 is 29.9 Å². The molecule has 13 heteroatoms. The fourth-order valence-corrected chi connectivity index (χ4v) is 3.63. The maximum Gasteiger partial charge on any atom is 0.425 e. The Kier molecular flexibility index (Phi) is 5.00. The summed E-state index contributed by atoms with van der Waals surface area (Å²) in [4.78, 5) is 40.0. The van der Waals surface area contributed by atoms with Gasteiger partial charge in [0, 0.05) is 5.56 Å². The molecule has 1 aliphatic heterocycles. The van der Waals surface area contributed by atoms with Gasteiger partial charge in [-0.15, -0.1) is 0 Å². The lowest BCUT2D eigenvalue weighted by Gasteiger charge is -2.30. The second-order valence-corrected chi connectivity index (χ2v) is 7.20. The third kappa shape index (κ3) is 3.30.